The molecule has 0 aliphatic rings. The maximum atomic E-state index is 6.29. The van der Waals surface area contributed by atoms with Gasteiger partial charge in [0.2, 0.25) is 5.96 Å². The molecule has 0 spiro atoms. The van der Waals surface area contributed by atoms with Crippen LogP contribution in [0.25, 0.3) is 0 Å². The van der Waals surface area contributed by atoms with Gasteiger partial charge in [-0.25, -0.2) is 4.99 Å². The summed E-state index contributed by atoms with van der Waals surface area (Å²) in [6, 6.07) is 0. The van der Waals surface area contributed by atoms with E-state index in [1.807, 2.05) is 0 Å². The number of hydrogen-bond acceptors (Lipinski definition) is 2. The van der Waals surface area contributed by atoms with Gasteiger partial charge in [-0.15, -0.1) is 24.8 Å². The molecule has 0 fully saturated rings. The molecule has 8 heavy (non-hydrogen) atoms. The Balaban J connectivity index is -0.0000000267. The Morgan fingerprint density at radius 1 is 1.50 bits per heavy atom. The number of rotatable bonds is 0. The van der Waals surface area contributed by atoms with Crippen molar-refractivity contribution in [2.24, 2.45) is 10.7 Å². The van der Waals surface area contributed by atoms with Crippen molar-refractivity contribution in [3.05, 3.63) is 0 Å². The highest BCUT2D eigenvalue weighted by Gasteiger charge is 1.63. The van der Waals surface area contributed by atoms with E-state index in [4.69, 9.17) is 5.41 Å². The van der Waals surface area contributed by atoms with Crippen LogP contribution in [0.15, 0.2) is 4.99 Å². The lowest BCUT2D eigenvalue weighted by Crippen LogP contribution is -2.03. The largest absolute Gasteiger partial charge is 0.368 e. The summed E-state index contributed by atoms with van der Waals surface area (Å²) in [6.45, 7) is 2.96. The van der Waals surface area contributed by atoms with Crippen LogP contribution in [0.2, 0.25) is 0 Å². The minimum absolute atomic E-state index is 0. The van der Waals surface area contributed by atoms with Crippen molar-refractivity contribution in [3.63, 3.8) is 0 Å². The maximum absolute atomic E-state index is 6.29. The number of nitrogens with one attached hydrogen (secondary N) is 1. The van der Waals surface area contributed by atoms with Gasteiger partial charge in [-0.05, 0) is 6.72 Å². The summed E-state index contributed by atoms with van der Waals surface area (Å²) in [5.41, 5.74) is 4.65. The lowest BCUT2D eigenvalue weighted by Gasteiger charge is -1.71. The summed E-state index contributed by atoms with van der Waals surface area (Å²) in [7, 11) is 0. The van der Waals surface area contributed by atoms with E-state index in [9.17, 15) is 0 Å². The Morgan fingerprint density at radius 3 is 1.62 bits per heavy atom. The van der Waals surface area contributed by atoms with E-state index >= 15 is 0 Å². The zero-order valence-corrected chi connectivity index (χ0v) is 5.89. The molecule has 0 saturated carbocycles. The third-order valence-corrected chi connectivity index (χ3v) is 0.170. The molecule has 6 N–H and O–H groups in total. The number of guanidine groups is 1. The SMILES string of the molecule is C=NC(=N)N.Cl.Cl.N. The van der Waals surface area contributed by atoms with Crippen LogP contribution in [0.1, 0.15) is 0 Å². The first-order valence-corrected chi connectivity index (χ1v) is 1.08. The fourth-order valence-corrected chi connectivity index (χ4v) is 0. The van der Waals surface area contributed by atoms with Gasteiger partial charge in [0.05, 0.1) is 0 Å². The first kappa shape index (κ1) is 25.3. The molecule has 0 radical (unpaired) electrons. The van der Waals surface area contributed by atoms with Gasteiger partial charge in [0.15, 0.2) is 0 Å². The van der Waals surface area contributed by atoms with E-state index in [1.54, 1.807) is 0 Å². The Hall–Kier alpha value is -0.320. The highest BCUT2D eigenvalue weighted by molar-refractivity contribution is 5.85. The van der Waals surface area contributed by atoms with Crippen LogP contribution in [0, 0.1) is 5.41 Å². The van der Waals surface area contributed by atoms with Gasteiger partial charge in [0.1, 0.15) is 0 Å². The van der Waals surface area contributed by atoms with Crippen LogP contribution in [0.5, 0.6) is 0 Å². The van der Waals surface area contributed by atoms with E-state index in [-0.39, 0.29) is 36.9 Å². The highest BCUT2D eigenvalue weighted by Crippen LogP contribution is 1.48. The first-order valence-electron chi connectivity index (χ1n) is 1.08. The van der Waals surface area contributed by atoms with Crippen molar-refractivity contribution in [1.82, 2.24) is 6.15 Å². The molecule has 0 amide bonds. The van der Waals surface area contributed by atoms with Crippen LogP contribution < -0.4 is 11.9 Å². The van der Waals surface area contributed by atoms with Gasteiger partial charge in [-0.2, -0.15) is 0 Å². The number of halogens is 2. The average molecular weight is 161 g/mol. The van der Waals surface area contributed by atoms with Crippen molar-refractivity contribution < 1.29 is 0 Å². The number of aliphatic imine (C=N–C) groups is 1. The number of nitrogens with zero attached hydrogens (tertiary/aromatic N) is 1. The second kappa shape index (κ2) is 15.9. The molecule has 0 aliphatic carbocycles. The van der Waals surface area contributed by atoms with E-state index in [0.29, 0.717) is 0 Å². The quantitative estimate of drug-likeness (QED) is 0.357. The van der Waals surface area contributed by atoms with Gasteiger partial charge in [-0.3, -0.25) is 5.41 Å². The third kappa shape index (κ3) is 44.1. The molecule has 0 aromatic heterocycles. The summed E-state index contributed by atoms with van der Waals surface area (Å²) in [5, 5.41) is 6.29. The minimum Gasteiger partial charge on any atom is -0.368 e. The van der Waals surface area contributed by atoms with Gasteiger partial charge in [0.25, 0.3) is 0 Å². The van der Waals surface area contributed by atoms with Crippen molar-refractivity contribution >= 4 is 37.5 Å². The molecular weight excluding hydrogens is 151 g/mol. The molecular formula is C2H10Cl2N4. The summed E-state index contributed by atoms with van der Waals surface area (Å²) < 4.78 is 0. The van der Waals surface area contributed by atoms with E-state index in [0.717, 1.165) is 0 Å². The molecule has 0 bridgehead atoms. The standard InChI is InChI=1S/C2H5N3.2ClH.H3N/c1-5-2(3)4;;;/h1H2,(H3,3,4);2*1H;1H3. The van der Waals surface area contributed by atoms with Gasteiger partial charge < -0.3 is 11.9 Å². The van der Waals surface area contributed by atoms with Crippen LogP contribution in [0.4, 0.5) is 0 Å². The predicted octanol–water partition coefficient (Wildman–Crippen LogP) is 0.586. The molecule has 6 heteroatoms. The van der Waals surface area contributed by atoms with Gasteiger partial charge >= 0.3 is 0 Å². The van der Waals surface area contributed by atoms with Crippen molar-refractivity contribution in [2.75, 3.05) is 0 Å². The Kier molecular flexibility index (Phi) is 50.3. The van der Waals surface area contributed by atoms with Crippen LogP contribution in [-0.2, 0) is 0 Å². The zero-order valence-electron chi connectivity index (χ0n) is 4.26. The van der Waals surface area contributed by atoms with E-state index in [2.05, 4.69) is 17.4 Å². The van der Waals surface area contributed by atoms with Crippen LogP contribution in [0.3, 0.4) is 0 Å². The monoisotopic (exact) mass is 160 g/mol. The normalized spacial score (nSPS) is 4.00. The number of hydrogen-bond donors (Lipinski definition) is 3. The second-order valence-electron chi connectivity index (χ2n) is 0.543. The molecule has 0 atom stereocenters. The molecule has 0 aromatic rings. The molecule has 0 aromatic carbocycles. The summed E-state index contributed by atoms with van der Waals surface area (Å²) in [6.07, 6.45) is 0. The Labute approximate surface area is 60.5 Å². The molecule has 4 nitrogen and oxygen atoms in total. The van der Waals surface area contributed by atoms with E-state index in [1.165, 1.54) is 0 Å². The summed E-state index contributed by atoms with van der Waals surface area (Å²) in [5.74, 6) is -0.231. The van der Waals surface area contributed by atoms with Gasteiger partial charge in [0, 0.05) is 0 Å². The smallest absolute Gasteiger partial charge is 0.211 e. The second-order valence-corrected chi connectivity index (χ2v) is 0.543. The predicted molar refractivity (Wildman–Crippen MR) is 41.0 cm³/mol. The maximum Gasteiger partial charge on any atom is 0.211 e. The van der Waals surface area contributed by atoms with Crippen molar-refractivity contribution in [3.8, 4) is 0 Å². The molecule has 0 saturated heterocycles. The third-order valence-electron chi connectivity index (χ3n) is 0.170. The highest BCUT2D eigenvalue weighted by atomic mass is 35.5. The van der Waals surface area contributed by atoms with Crippen molar-refractivity contribution in [1.29, 1.82) is 5.41 Å². The van der Waals surface area contributed by atoms with Crippen LogP contribution in [-0.4, -0.2) is 12.7 Å². The van der Waals surface area contributed by atoms with Crippen LogP contribution >= 0.6 is 24.8 Å². The fourth-order valence-electron chi connectivity index (χ4n) is 0. The number of nitrogens with two attached hydrogens (primary N) is 1. The average Bonchev–Trinajstić information content (AvgIpc) is 1.38. The van der Waals surface area contributed by atoms with Crippen molar-refractivity contribution in [2.45, 2.75) is 0 Å². The fraction of sp³-hybridized carbons (Fsp3) is 0. The Morgan fingerprint density at radius 2 is 1.62 bits per heavy atom. The lowest BCUT2D eigenvalue weighted by molar-refractivity contribution is 1.39. The minimum atomic E-state index is -0.231. The molecule has 0 heterocycles. The summed E-state index contributed by atoms with van der Waals surface area (Å²) in [4.78, 5) is 3.00. The molecule has 0 rings (SSSR count). The van der Waals surface area contributed by atoms with E-state index < -0.39 is 0 Å². The zero-order chi connectivity index (χ0) is 4.28. The topological polar surface area (TPSA) is 97.2 Å². The Bertz CT molecular complexity index is 63.1. The molecule has 0 unspecified atom stereocenters. The lowest BCUT2D eigenvalue weighted by atomic mass is 11.1. The summed E-state index contributed by atoms with van der Waals surface area (Å²) >= 11 is 0. The molecule has 52 valence electrons. The van der Waals surface area contributed by atoms with Gasteiger partial charge in [-0.1, -0.05) is 0 Å². The molecule has 0 aliphatic heterocycles. The first-order chi connectivity index (χ1) is 2.27.